The first-order valence-corrected chi connectivity index (χ1v) is 8.90. The van der Waals surface area contributed by atoms with E-state index in [1.165, 1.54) is 0 Å². The van der Waals surface area contributed by atoms with E-state index < -0.39 is 30.7 Å². The van der Waals surface area contributed by atoms with Crippen LogP contribution in [0.5, 0.6) is 0 Å². The van der Waals surface area contributed by atoms with Gasteiger partial charge in [-0.2, -0.15) is 0 Å². The molecule has 148 valence electrons. The van der Waals surface area contributed by atoms with Crippen LogP contribution in [0.3, 0.4) is 0 Å². The second-order valence-electron chi connectivity index (χ2n) is 5.87. The second kappa shape index (κ2) is 13.2. The Morgan fingerprint density at radius 2 is 1.66 bits per heavy atom. The number of hydrogen-bond donors (Lipinski definition) is 1. The van der Waals surface area contributed by atoms with E-state index in [4.69, 9.17) is 21.1 Å². The van der Waals surface area contributed by atoms with Gasteiger partial charge >= 0.3 is 41.6 Å². The zero-order valence-corrected chi connectivity index (χ0v) is 18.7. The third-order valence-electron chi connectivity index (χ3n) is 3.86. The van der Waals surface area contributed by atoms with Gasteiger partial charge in [-0.05, 0) is 29.7 Å². The Hall–Kier alpha value is -2.06. The number of nitrogens with one attached hydrogen (secondary N) is 1. The average Bonchev–Trinajstić information content (AvgIpc) is 2.67. The van der Waals surface area contributed by atoms with Crippen molar-refractivity contribution >= 4 is 29.6 Å². The summed E-state index contributed by atoms with van der Waals surface area (Å²) in [5, 5.41) is 14.2. The maximum absolute atomic E-state index is 11.6. The summed E-state index contributed by atoms with van der Waals surface area (Å²) in [5.41, 5.74) is 1.31. The maximum atomic E-state index is 11.6. The van der Waals surface area contributed by atoms with Gasteiger partial charge in [-0.3, -0.25) is 4.79 Å². The molecular formula is C20H19ClNNaO6. The van der Waals surface area contributed by atoms with Crippen LogP contribution >= 0.6 is 11.6 Å². The molecule has 0 fully saturated rings. The molecule has 0 saturated carbocycles. The number of alkyl carbamates (subject to hydrolysis) is 1. The molecule has 29 heavy (non-hydrogen) atoms. The van der Waals surface area contributed by atoms with Crippen LogP contribution < -0.4 is 40.0 Å². The summed E-state index contributed by atoms with van der Waals surface area (Å²) < 4.78 is 9.56. The number of halogens is 1. The van der Waals surface area contributed by atoms with Gasteiger partial charge < -0.3 is 24.7 Å². The molecule has 0 saturated heterocycles. The molecule has 0 bridgehead atoms. The third-order valence-corrected chi connectivity index (χ3v) is 4.11. The Bertz CT molecular complexity index is 800. The molecule has 1 atom stereocenters. The molecule has 7 nitrogen and oxygen atoms in total. The summed E-state index contributed by atoms with van der Waals surface area (Å²) in [6, 6.07) is 15.3. The average molecular weight is 428 g/mol. The smallest absolute Gasteiger partial charge is 0.549 e. The van der Waals surface area contributed by atoms with Crippen LogP contribution in [0.4, 0.5) is 4.79 Å². The minimum absolute atomic E-state index is 0. The minimum atomic E-state index is -1.26. The van der Waals surface area contributed by atoms with Gasteiger partial charge in [-0.1, -0.05) is 54.1 Å². The van der Waals surface area contributed by atoms with Crippen LogP contribution in [-0.2, 0) is 25.5 Å². The summed E-state index contributed by atoms with van der Waals surface area (Å²) in [6.07, 6.45) is -0.645. The molecule has 0 radical (unpaired) electrons. The fourth-order valence-electron chi connectivity index (χ4n) is 2.45. The number of ether oxygens (including phenoxy) is 2. The Labute approximate surface area is 195 Å². The van der Waals surface area contributed by atoms with E-state index in [0.717, 1.165) is 5.56 Å². The number of carbonyl (C=O) groups is 3. The van der Waals surface area contributed by atoms with Crippen molar-refractivity contribution in [1.29, 1.82) is 0 Å². The predicted octanol–water partition coefficient (Wildman–Crippen LogP) is -0.963. The zero-order valence-electron chi connectivity index (χ0n) is 15.9. The molecule has 0 spiro atoms. The molecule has 1 unspecified atom stereocenters. The molecule has 0 aromatic heterocycles. The van der Waals surface area contributed by atoms with Gasteiger partial charge in [0.1, 0.15) is 0 Å². The van der Waals surface area contributed by atoms with Gasteiger partial charge in [0, 0.05) is 23.5 Å². The first kappa shape index (κ1) is 25.0. The number of esters is 1. The standard InChI is InChI=1S/C20H20ClNO6.Na/c21-16-8-6-15(7-9-16)17(19(24)25)10-11-22-20(26)28-13-27-18(23)12-14-4-2-1-3-5-14;/h1-9,17H,10-13H2,(H,22,26)(H,24,25);/q;+1/p-1. The number of rotatable bonds is 9. The van der Waals surface area contributed by atoms with Gasteiger partial charge in [-0.25, -0.2) is 4.79 Å². The zero-order chi connectivity index (χ0) is 20.4. The van der Waals surface area contributed by atoms with Crippen molar-refractivity contribution in [2.75, 3.05) is 13.3 Å². The van der Waals surface area contributed by atoms with E-state index in [2.05, 4.69) is 5.32 Å². The Morgan fingerprint density at radius 1 is 1.00 bits per heavy atom. The number of aliphatic carboxylic acids is 1. The van der Waals surface area contributed by atoms with E-state index in [1.54, 1.807) is 48.5 Å². The van der Waals surface area contributed by atoms with Gasteiger partial charge in [0.2, 0.25) is 6.79 Å². The summed E-state index contributed by atoms with van der Waals surface area (Å²) in [5.74, 6) is -2.69. The Kier molecular flexibility index (Phi) is 11.4. The number of benzene rings is 2. The number of hydrogen-bond acceptors (Lipinski definition) is 6. The molecule has 2 aromatic rings. The van der Waals surface area contributed by atoms with Crippen LogP contribution in [-0.4, -0.2) is 31.4 Å². The van der Waals surface area contributed by atoms with Gasteiger partial charge in [-0.15, -0.1) is 0 Å². The van der Waals surface area contributed by atoms with Gasteiger partial charge in [0.15, 0.2) is 0 Å². The van der Waals surface area contributed by atoms with Crippen molar-refractivity contribution in [2.24, 2.45) is 0 Å². The van der Waals surface area contributed by atoms with Gasteiger partial charge in [0.05, 0.1) is 6.42 Å². The largest absolute Gasteiger partial charge is 1.00 e. The van der Waals surface area contributed by atoms with Gasteiger partial charge in [0.25, 0.3) is 0 Å². The molecule has 9 heteroatoms. The first-order chi connectivity index (χ1) is 13.5. The molecular weight excluding hydrogens is 409 g/mol. The van der Waals surface area contributed by atoms with Crippen molar-refractivity contribution in [3.8, 4) is 0 Å². The number of carbonyl (C=O) groups excluding carboxylic acids is 3. The summed E-state index contributed by atoms with van der Waals surface area (Å²) >= 11 is 5.79. The number of carboxylic acid groups (broad SMARTS) is 1. The quantitative estimate of drug-likeness (QED) is 0.314. The molecule has 2 aromatic carbocycles. The molecule has 0 aliphatic rings. The first-order valence-electron chi connectivity index (χ1n) is 8.52. The molecule has 2 rings (SSSR count). The molecule has 0 aliphatic heterocycles. The van der Waals surface area contributed by atoms with E-state index in [9.17, 15) is 19.5 Å². The summed E-state index contributed by atoms with van der Waals surface area (Å²) in [4.78, 5) is 34.6. The predicted molar refractivity (Wildman–Crippen MR) is 99.4 cm³/mol. The fraction of sp³-hybridized carbons (Fsp3) is 0.250. The van der Waals surface area contributed by atoms with Crippen LogP contribution in [0, 0.1) is 0 Å². The fourth-order valence-corrected chi connectivity index (χ4v) is 2.57. The molecule has 1 amide bonds. The minimum Gasteiger partial charge on any atom is -0.549 e. The third kappa shape index (κ3) is 9.32. The number of carboxylic acids is 1. The van der Waals surface area contributed by atoms with E-state index in [-0.39, 0.29) is 48.9 Å². The SMILES string of the molecule is O=C(Cc1ccccc1)OCOC(=O)NCCC(C(=O)[O-])c1ccc(Cl)cc1.[Na+]. The molecule has 0 aliphatic carbocycles. The number of amides is 1. The van der Waals surface area contributed by atoms with E-state index in [1.807, 2.05) is 6.07 Å². The summed E-state index contributed by atoms with van der Waals surface area (Å²) in [7, 11) is 0. The Balaban J connectivity index is 0.00000420. The maximum Gasteiger partial charge on any atom is 1.00 e. The van der Waals surface area contributed by atoms with Crippen LogP contribution in [0.1, 0.15) is 23.5 Å². The van der Waals surface area contributed by atoms with Crippen molar-refractivity contribution in [3.05, 3.63) is 70.7 Å². The van der Waals surface area contributed by atoms with Crippen LogP contribution in [0.25, 0.3) is 0 Å². The van der Waals surface area contributed by atoms with Crippen LogP contribution in [0.2, 0.25) is 5.02 Å². The van der Waals surface area contributed by atoms with E-state index in [0.29, 0.717) is 10.6 Å². The van der Waals surface area contributed by atoms with Crippen molar-refractivity contribution in [3.63, 3.8) is 0 Å². The Morgan fingerprint density at radius 3 is 2.28 bits per heavy atom. The van der Waals surface area contributed by atoms with Crippen molar-refractivity contribution in [1.82, 2.24) is 5.32 Å². The van der Waals surface area contributed by atoms with E-state index >= 15 is 0 Å². The topological polar surface area (TPSA) is 105 Å². The monoisotopic (exact) mass is 427 g/mol. The summed E-state index contributed by atoms with van der Waals surface area (Å²) in [6.45, 7) is -0.489. The normalized spacial score (nSPS) is 10.9. The molecule has 1 N–H and O–H groups in total. The molecule has 0 heterocycles. The van der Waals surface area contributed by atoms with Crippen molar-refractivity contribution < 1.29 is 58.5 Å². The van der Waals surface area contributed by atoms with Crippen molar-refractivity contribution in [2.45, 2.75) is 18.8 Å². The van der Waals surface area contributed by atoms with Crippen LogP contribution in [0.15, 0.2) is 54.6 Å². The second-order valence-corrected chi connectivity index (χ2v) is 6.30.